The number of amides is 1. The summed E-state index contributed by atoms with van der Waals surface area (Å²) in [7, 11) is 1.70. The predicted molar refractivity (Wildman–Crippen MR) is 96.2 cm³/mol. The molecule has 3 aromatic heterocycles. The smallest absolute Gasteiger partial charge is 0.251 e. The van der Waals surface area contributed by atoms with Crippen LogP contribution in [0.25, 0.3) is 33.8 Å². The van der Waals surface area contributed by atoms with Crippen LogP contribution in [0.3, 0.4) is 0 Å². The molecule has 0 aliphatic heterocycles. The maximum atomic E-state index is 15.1. The molecule has 3 heterocycles. The van der Waals surface area contributed by atoms with E-state index in [9.17, 15) is 4.79 Å². The molecule has 138 valence electrons. The van der Waals surface area contributed by atoms with Gasteiger partial charge in [0.15, 0.2) is 11.6 Å². The molecule has 0 saturated carbocycles. The van der Waals surface area contributed by atoms with Gasteiger partial charge in [-0.3, -0.25) is 19.3 Å². The third-order valence-electron chi connectivity index (χ3n) is 4.41. The van der Waals surface area contributed by atoms with Gasteiger partial charge in [0.1, 0.15) is 11.5 Å². The number of nitrogens with two attached hydrogens (primary N) is 1. The van der Waals surface area contributed by atoms with Crippen LogP contribution in [0.15, 0.2) is 18.3 Å². The van der Waals surface area contributed by atoms with Crippen LogP contribution in [0.2, 0.25) is 0 Å². The Morgan fingerprint density at radius 2 is 2.15 bits per heavy atom. The van der Waals surface area contributed by atoms with Gasteiger partial charge in [0.05, 0.1) is 28.5 Å². The first kappa shape index (κ1) is 16.9. The normalized spacial score (nSPS) is 11.4. The second-order valence-electron chi connectivity index (χ2n) is 6.17. The fourth-order valence-electron chi connectivity index (χ4n) is 3.13. The van der Waals surface area contributed by atoms with E-state index in [4.69, 9.17) is 5.73 Å². The molecule has 4 aromatic rings. The van der Waals surface area contributed by atoms with E-state index in [0.717, 1.165) is 5.69 Å². The summed E-state index contributed by atoms with van der Waals surface area (Å²) in [5.74, 6) is -1.05. The van der Waals surface area contributed by atoms with Gasteiger partial charge in [0, 0.05) is 19.0 Å². The number of aromatic amines is 1. The van der Waals surface area contributed by atoms with Crippen LogP contribution in [-0.2, 0) is 13.6 Å². The molecule has 0 radical (unpaired) electrons. The van der Waals surface area contributed by atoms with Crippen molar-refractivity contribution in [3.05, 3.63) is 35.4 Å². The van der Waals surface area contributed by atoms with E-state index < -0.39 is 11.7 Å². The first-order valence-electron chi connectivity index (χ1n) is 8.32. The van der Waals surface area contributed by atoms with Crippen LogP contribution in [0.1, 0.15) is 23.0 Å². The van der Waals surface area contributed by atoms with E-state index in [2.05, 4.69) is 25.4 Å². The maximum Gasteiger partial charge on any atom is 0.251 e. The second kappa shape index (κ2) is 6.01. The summed E-state index contributed by atoms with van der Waals surface area (Å²) in [4.78, 5) is 16.1. The van der Waals surface area contributed by atoms with Crippen LogP contribution < -0.4 is 5.73 Å². The van der Waals surface area contributed by atoms with Gasteiger partial charge in [-0.1, -0.05) is 0 Å². The summed E-state index contributed by atoms with van der Waals surface area (Å²) in [6.07, 6.45) is 1.52. The van der Waals surface area contributed by atoms with E-state index in [1.165, 1.54) is 16.9 Å². The number of fused-ring (bicyclic) bond motifs is 1. The van der Waals surface area contributed by atoms with E-state index in [1.807, 2.05) is 19.9 Å². The zero-order valence-electron chi connectivity index (χ0n) is 15.0. The van der Waals surface area contributed by atoms with Crippen molar-refractivity contribution in [2.24, 2.45) is 12.8 Å². The Bertz CT molecular complexity index is 1190. The number of hydrogen-bond donors (Lipinski definition) is 2. The lowest BCUT2D eigenvalue weighted by molar-refractivity contribution is 0.0996. The summed E-state index contributed by atoms with van der Waals surface area (Å²) >= 11 is 0. The van der Waals surface area contributed by atoms with Gasteiger partial charge in [-0.05, 0) is 26.0 Å². The lowest BCUT2D eigenvalue weighted by Gasteiger charge is -2.06. The first-order chi connectivity index (χ1) is 12.9. The van der Waals surface area contributed by atoms with Crippen molar-refractivity contribution in [3.8, 4) is 22.9 Å². The van der Waals surface area contributed by atoms with Gasteiger partial charge in [-0.2, -0.15) is 15.3 Å². The molecule has 10 heteroatoms. The van der Waals surface area contributed by atoms with Crippen molar-refractivity contribution in [1.29, 1.82) is 0 Å². The molecule has 4 rings (SSSR count). The van der Waals surface area contributed by atoms with Crippen molar-refractivity contribution in [1.82, 2.24) is 34.7 Å². The summed E-state index contributed by atoms with van der Waals surface area (Å²) < 4.78 is 18.4. The Kier molecular flexibility index (Phi) is 3.76. The minimum Gasteiger partial charge on any atom is -0.366 e. The predicted octanol–water partition coefficient (Wildman–Crippen LogP) is 1.79. The Labute approximate surface area is 153 Å². The molecular formula is C17H17FN8O. The minimum atomic E-state index is -0.865. The van der Waals surface area contributed by atoms with E-state index in [-0.39, 0.29) is 17.0 Å². The van der Waals surface area contributed by atoms with Crippen molar-refractivity contribution < 1.29 is 9.18 Å². The average Bonchev–Trinajstić information content (AvgIpc) is 3.33. The average molecular weight is 368 g/mol. The number of primary amides is 1. The third kappa shape index (κ3) is 2.57. The van der Waals surface area contributed by atoms with E-state index in [1.54, 1.807) is 11.7 Å². The summed E-state index contributed by atoms with van der Waals surface area (Å²) in [5.41, 5.74) is 7.32. The van der Waals surface area contributed by atoms with Crippen LogP contribution >= 0.6 is 0 Å². The largest absolute Gasteiger partial charge is 0.366 e. The molecule has 9 nitrogen and oxygen atoms in total. The molecule has 27 heavy (non-hydrogen) atoms. The Morgan fingerprint density at radius 3 is 2.85 bits per heavy atom. The molecule has 0 fully saturated rings. The number of rotatable bonds is 4. The number of benzene rings is 1. The van der Waals surface area contributed by atoms with Crippen LogP contribution in [0.5, 0.6) is 0 Å². The number of carbonyl (C=O) groups excluding carboxylic acids is 1. The van der Waals surface area contributed by atoms with Crippen molar-refractivity contribution >= 4 is 16.8 Å². The fourth-order valence-corrected chi connectivity index (χ4v) is 3.13. The van der Waals surface area contributed by atoms with Gasteiger partial charge in [0.2, 0.25) is 0 Å². The molecular weight excluding hydrogens is 351 g/mol. The Hall–Kier alpha value is -3.56. The minimum absolute atomic E-state index is 0.104. The molecule has 0 saturated heterocycles. The highest BCUT2D eigenvalue weighted by Crippen LogP contribution is 2.32. The monoisotopic (exact) mass is 368 g/mol. The summed E-state index contributed by atoms with van der Waals surface area (Å²) in [5, 5.41) is 16.0. The SMILES string of the molecule is CCn1nc(C)cc1-c1n[nH]c(-c2c(F)c(C(N)=O)cc3c2cnn3C)n1. The number of H-pyrrole nitrogens is 1. The quantitative estimate of drug-likeness (QED) is 0.569. The van der Waals surface area contributed by atoms with E-state index in [0.29, 0.717) is 29.0 Å². The number of carbonyl (C=O) groups is 1. The Balaban J connectivity index is 1.94. The molecule has 3 N–H and O–H groups in total. The second-order valence-corrected chi connectivity index (χ2v) is 6.17. The van der Waals surface area contributed by atoms with Gasteiger partial charge in [-0.25, -0.2) is 9.37 Å². The van der Waals surface area contributed by atoms with Crippen LogP contribution in [-0.4, -0.2) is 40.6 Å². The molecule has 0 aliphatic rings. The molecule has 0 aliphatic carbocycles. The molecule has 0 atom stereocenters. The number of aryl methyl sites for hydroxylation is 3. The van der Waals surface area contributed by atoms with Crippen molar-refractivity contribution in [2.45, 2.75) is 20.4 Å². The number of hydrogen-bond acceptors (Lipinski definition) is 5. The van der Waals surface area contributed by atoms with Gasteiger partial charge < -0.3 is 5.73 Å². The first-order valence-corrected chi connectivity index (χ1v) is 8.32. The lowest BCUT2D eigenvalue weighted by atomic mass is 10.0. The number of aromatic nitrogens is 7. The van der Waals surface area contributed by atoms with Gasteiger partial charge >= 0.3 is 0 Å². The van der Waals surface area contributed by atoms with Crippen molar-refractivity contribution in [3.63, 3.8) is 0 Å². The highest BCUT2D eigenvalue weighted by molar-refractivity contribution is 6.02. The topological polar surface area (TPSA) is 120 Å². The molecule has 1 amide bonds. The van der Waals surface area contributed by atoms with Crippen LogP contribution in [0, 0.1) is 12.7 Å². The van der Waals surface area contributed by atoms with E-state index >= 15 is 4.39 Å². The zero-order valence-corrected chi connectivity index (χ0v) is 15.0. The standard InChI is InChI=1S/C17H17FN8O/c1-4-26-12(5-8(2)24-26)16-21-17(23-22-16)13-10-7-20-25(3)11(10)6-9(14(13)18)15(19)27/h5-7H,4H2,1-3H3,(H2,19,27)(H,21,22,23). The molecule has 0 bridgehead atoms. The number of halogens is 1. The lowest BCUT2D eigenvalue weighted by Crippen LogP contribution is -2.14. The Morgan fingerprint density at radius 1 is 1.37 bits per heavy atom. The van der Waals surface area contributed by atoms with Crippen LogP contribution in [0.4, 0.5) is 4.39 Å². The third-order valence-corrected chi connectivity index (χ3v) is 4.41. The van der Waals surface area contributed by atoms with Crippen molar-refractivity contribution in [2.75, 3.05) is 0 Å². The summed E-state index contributed by atoms with van der Waals surface area (Å²) in [6, 6.07) is 3.24. The van der Waals surface area contributed by atoms with Gasteiger partial charge in [-0.15, -0.1) is 0 Å². The molecule has 0 spiro atoms. The summed E-state index contributed by atoms with van der Waals surface area (Å²) in [6.45, 7) is 4.47. The highest BCUT2D eigenvalue weighted by Gasteiger charge is 2.23. The highest BCUT2D eigenvalue weighted by atomic mass is 19.1. The zero-order chi connectivity index (χ0) is 19.3. The maximum absolute atomic E-state index is 15.1. The number of nitrogens with one attached hydrogen (secondary N) is 1. The molecule has 0 unspecified atom stereocenters. The number of nitrogens with zero attached hydrogens (tertiary/aromatic N) is 6. The molecule has 1 aromatic carbocycles. The van der Waals surface area contributed by atoms with Gasteiger partial charge in [0.25, 0.3) is 5.91 Å². The fraction of sp³-hybridized carbons (Fsp3) is 0.235.